The zero-order valence-electron chi connectivity index (χ0n) is 5.72. The minimum atomic E-state index is 0. The standard InChI is InChI=1S/2C2H5.Cu.Li.H/c2*1-2;;;/h2*1H2,2H3;;;/q2*-1;+2;+1;-1. The Bertz CT molecular complexity index is 11.7. The second-order valence-corrected chi connectivity index (χ2v) is 0. The molecule has 0 aromatic heterocycles. The zero-order chi connectivity index (χ0) is 4.00. The molecule has 0 aliphatic heterocycles. The van der Waals surface area contributed by atoms with Gasteiger partial charge in [0.15, 0.2) is 0 Å². The first-order chi connectivity index (χ1) is 2.00. The van der Waals surface area contributed by atoms with Gasteiger partial charge in [-0.25, -0.2) is 0 Å². The molecule has 0 spiro atoms. The molecule has 0 bridgehead atoms. The van der Waals surface area contributed by atoms with Gasteiger partial charge in [0.1, 0.15) is 0 Å². The van der Waals surface area contributed by atoms with Crippen molar-refractivity contribution in [1.82, 2.24) is 0 Å². The molecule has 0 aromatic carbocycles. The Balaban J connectivity index is -0.00000000267. The average Bonchev–Trinajstić information content (AvgIpc) is 1.50. The monoisotopic (exact) mass is 129 g/mol. The van der Waals surface area contributed by atoms with Gasteiger partial charge in [0.2, 0.25) is 0 Å². The van der Waals surface area contributed by atoms with Crippen LogP contribution in [0.1, 0.15) is 15.3 Å². The van der Waals surface area contributed by atoms with E-state index in [0.29, 0.717) is 0 Å². The van der Waals surface area contributed by atoms with Crippen molar-refractivity contribution >= 4 is 0 Å². The molecule has 0 atom stereocenters. The number of rotatable bonds is 0. The van der Waals surface area contributed by atoms with Crippen LogP contribution in [-0.2, 0) is 17.1 Å². The molecule has 39 valence electrons. The fraction of sp³-hybridized carbons (Fsp3) is 0.500. The molecule has 0 aromatic rings. The third kappa shape index (κ3) is 69.5. The molecular weight excluding hydrogens is 119 g/mol. The van der Waals surface area contributed by atoms with E-state index in [1.165, 1.54) is 0 Å². The smallest absolute Gasteiger partial charge is 1.00 e. The number of hydrogen-bond acceptors (Lipinski definition) is 0. The van der Waals surface area contributed by atoms with Gasteiger partial charge in [0.25, 0.3) is 0 Å². The van der Waals surface area contributed by atoms with Crippen LogP contribution in [0.15, 0.2) is 0 Å². The van der Waals surface area contributed by atoms with Gasteiger partial charge in [-0.2, -0.15) is 13.8 Å². The normalized spacial score (nSPS) is 2.00. The topological polar surface area (TPSA) is 0 Å². The van der Waals surface area contributed by atoms with Gasteiger partial charge in [-0.1, -0.05) is 0 Å². The summed E-state index contributed by atoms with van der Waals surface area (Å²) in [5.74, 6) is 0. The molecule has 0 fully saturated rings. The van der Waals surface area contributed by atoms with Crippen molar-refractivity contribution in [2.45, 2.75) is 13.8 Å². The maximum Gasteiger partial charge on any atom is 2.00 e. The molecule has 0 unspecified atom stereocenters. The summed E-state index contributed by atoms with van der Waals surface area (Å²) in [5, 5.41) is 0. The Hall–Kier alpha value is 1.12. The predicted molar refractivity (Wildman–Crippen MR) is 23.2 cm³/mol. The minimum absolute atomic E-state index is 0. The van der Waals surface area contributed by atoms with Crippen molar-refractivity contribution in [3.05, 3.63) is 13.8 Å². The SMILES string of the molecule is [CH2-]C.[CH2-]C.[Cu+2].[H-].[Li+]. The van der Waals surface area contributed by atoms with Crippen molar-refractivity contribution in [3.8, 4) is 0 Å². The zero-order valence-corrected chi connectivity index (χ0v) is 5.66. The third-order valence-electron chi connectivity index (χ3n) is 0. The van der Waals surface area contributed by atoms with Crippen LogP contribution in [0, 0.1) is 13.8 Å². The Morgan fingerprint density at radius 2 is 1.00 bits per heavy atom. The molecule has 0 heterocycles. The Labute approximate surface area is 65.2 Å². The summed E-state index contributed by atoms with van der Waals surface area (Å²) >= 11 is 0. The molecule has 0 saturated heterocycles. The molecule has 0 aliphatic rings. The average molecular weight is 130 g/mol. The first-order valence-corrected chi connectivity index (χ1v) is 1.41. The van der Waals surface area contributed by atoms with E-state index in [9.17, 15) is 0 Å². The summed E-state index contributed by atoms with van der Waals surface area (Å²) in [6.07, 6.45) is 0. The molecule has 1 radical (unpaired) electrons. The van der Waals surface area contributed by atoms with E-state index in [2.05, 4.69) is 13.8 Å². The largest absolute Gasteiger partial charge is 2.00 e. The molecule has 0 nitrogen and oxygen atoms in total. The number of hydrogen-bond donors (Lipinski definition) is 0. The molecule has 0 aliphatic carbocycles. The fourth-order valence-electron chi connectivity index (χ4n) is 0. The first kappa shape index (κ1) is 27.4. The molecule has 2 heteroatoms. The van der Waals surface area contributed by atoms with Gasteiger partial charge in [0.05, 0.1) is 0 Å². The van der Waals surface area contributed by atoms with E-state index < -0.39 is 0 Å². The molecule has 0 rings (SSSR count). The van der Waals surface area contributed by atoms with E-state index in [1.807, 2.05) is 0 Å². The van der Waals surface area contributed by atoms with Crippen molar-refractivity contribution in [2.24, 2.45) is 0 Å². The van der Waals surface area contributed by atoms with Gasteiger partial charge >= 0.3 is 35.9 Å². The quantitative estimate of drug-likeness (QED) is 0.285. The summed E-state index contributed by atoms with van der Waals surface area (Å²) in [6, 6.07) is 0. The van der Waals surface area contributed by atoms with Crippen LogP contribution < -0.4 is 18.9 Å². The first-order valence-electron chi connectivity index (χ1n) is 1.41. The van der Waals surface area contributed by atoms with Crippen LogP contribution >= 0.6 is 0 Å². The van der Waals surface area contributed by atoms with Crippen LogP contribution in [-0.4, -0.2) is 0 Å². The van der Waals surface area contributed by atoms with Crippen molar-refractivity contribution in [1.29, 1.82) is 0 Å². The minimum Gasteiger partial charge on any atom is -1.00 e. The molecular formula is C4H11CuLi. The van der Waals surface area contributed by atoms with E-state index in [0.717, 1.165) is 0 Å². The Morgan fingerprint density at radius 3 is 1.00 bits per heavy atom. The summed E-state index contributed by atoms with van der Waals surface area (Å²) in [7, 11) is 0. The van der Waals surface area contributed by atoms with E-state index >= 15 is 0 Å². The van der Waals surface area contributed by atoms with Crippen LogP contribution in [0.4, 0.5) is 0 Å². The van der Waals surface area contributed by atoms with Crippen LogP contribution in [0.3, 0.4) is 0 Å². The van der Waals surface area contributed by atoms with Gasteiger partial charge in [0, 0.05) is 0 Å². The maximum atomic E-state index is 3.25. The van der Waals surface area contributed by atoms with Crippen molar-refractivity contribution in [2.75, 3.05) is 0 Å². The summed E-state index contributed by atoms with van der Waals surface area (Å²) < 4.78 is 0. The van der Waals surface area contributed by atoms with Crippen LogP contribution in [0.25, 0.3) is 0 Å². The van der Waals surface area contributed by atoms with Crippen LogP contribution in [0.5, 0.6) is 0 Å². The van der Waals surface area contributed by atoms with E-state index in [1.54, 1.807) is 13.8 Å². The Morgan fingerprint density at radius 1 is 1.00 bits per heavy atom. The molecule has 6 heavy (non-hydrogen) atoms. The van der Waals surface area contributed by atoms with Gasteiger partial charge in [-0.3, -0.25) is 0 Å². The third-order valence-corrected chi connectivity index (χ3v) is 0. The predicted octanol–water partition coefficient (Wildman–Crippen LogP) is -1.21. The fourth-order valence-corrected chi connectivity index (χ4v) is 0. The summed E-state index contributed by atoms with van der Waals surface area (Å²) in [6.45, 7) is 10.0. The van der Waals surface area contributed by atoms with E-state index in [4.69, 9.17) is 0 Å². The Kier molecular flexibility index (Phi) is 587. The van der Waals surface area contributed by atoms with E-state index in [-0.39, 0.29) is 37.4 Å². The van der Waals surface area contributed by atoms with Crippen molar-refractivity contribution < 1.29 is 37.4 Å². The van der Waals surface area contributed by atoms with Crippen molar-refractivity contribution in [3.63, 3.8) is 0 Å². The summed E-state index contributed by atoms with van der Waals surface area (Å²) in [5.41, 5.74) is 0. The summed E-state index contributed by atoms with van der Waals surface area (Å²) in [4.78, 5) is 0. The maximum absolute atomic E-state index is 3.25. The van der Waals surface area contributed by atoms with Gasteiger partial charge in [-0.05, 0) is 0 Å². The molecule has 0 amide bonds. The molecule has 0 saturated carbocycles. The van der Waals surface area contributed by atoms with Crippen LogP contribution in [0.2, 0.25) is 0 Å². The van der Waals surface area contributed by atoms with Gasteiger partial charge < -0.3 is 15.3 Å². The van der Waals surface area contributed by atoms with Gasteiger partial charge in [-0.15, -0.1) is 0 Å². The second-order valence-electron chi connectivity index (χ2n) is 0. The molecule has 0 N–H and O–H groups in total. The second kappa shape index (κ2) is 128.